The summed E-state index contributed by atoms with van der Waals surface area (Å²) in [6.45, 7) is 1.98. The predicted molar refractivity (Wildman–Crippen MR) is 186 cm³/mol. The maximum atomic E-state index is 14.1. The van der Waals surface area contributed by atoms with Crippen LogP contribution in [0.1, 0.15) is 65.4 Å². The van der Waals surface area contributed by atoms with Gasteiger partial charge in [-0.05, 0) is 79.1 Å². The molecule has 46 heavy (non-hydrogen) atoms. The average molecular weight is 647 g/mol. The first-order valence-electron chi connectivity index (χ1n) is 15.2. The molecule has 0 radical (unpaired) electrons. The fourth-order valence-corrected chi connectivity index (χ4v) is 8.17. The van der Waals surface area contributed by atoms with Gasteiger partial charge in [0, 0.05) is 21.0 Å². The number of esters is 1. The number of fused-ring (bicyclic) bond motifs is 1. The number of nitrogens with one attached hydrogen (secondary N) is 2. The molecule has 0 spiro atoms. The van der Waals surface area contributed by atoms with Crippen molar-refractivity contribution in [3.8, 4) is 0 Å². The number of carbonyl (C=O) groups is 3. The van der Waals surface area contributed by atoms with Crippen LogP contribution < -0.4 is 10.6 Å². The van der Waals surface area contributed by atoms with Gasteiger partial charge < -0.3 is 15.4 Å². The van der Waals surface area contributed by atoms with E-state index >= 15 is 0 Å². The fourth-order valence-electron chi connectivity index (χ4n) is 5.77. The van der Waals surface area contributed by atoms with Crippen LogP contribution in [0, 0.1) is 6.92 Å². The molecule has 2 atom stereocenters. The molecule has 1 aromatic heterocycles. The lowest BCUT2D eigenvalue weighted by Gasteiger charge is -2.22. The summed E-state index contributed by atoms with van der Waals surface area (Å²) in [5.41, 5.74) is 5.82. The van der Waals surface area contributed by atoms with E-state index in [0.29, 0.717) is 27.7 Å². The molecule has 2 unspecified atom stereocenters. The molecule has 5 aromatic rings. The minimum Gasteiger partial charge on any atom is -0.465 e. The highest BCUT2D eigenvalue weighted by molar-refractivity contribution is 8.00. The third-order valence-corrected chi connectivity index (χ3v) is 10.6. The Balaban J connectivity index is 1.25. The van der Waals surface area contributed by atoms with Crippen LogP contribution >= 0.6 is 23.1 Å². The molecule has 0 bridgehead atoms. The standard InChI is InChI=1S/C38H34N2O4S2/c1-24-16-18-27(19-17-24)35(41)39-29-14-9-15-30(23-29)45-34(26-12-7-4-8-13-26)36(42)40-37-33(38(43)44-2)31-21-20-28(22-32(31)46-37)25-10-5-3-6-11-25/h3-19,23,28,34H,20-22H2,1-2H3,(H,39,41)(H,40,42). The van der Waals surface area contributed by atoms with E-state index in [-0.39, 0.29) is 11.8 Å². The fraction of sp³-hybridized carbons (Fsp3) is 0.184. The minimum atomic E-state index is -0.619. The lowest BCUT2D eigenvalue weighted by atomic mass is 9.83. The maximum Gasteiger partial charge on any atom is 0.341 e. The highest BCUT2D eigenvalue weighted by Crippen LogP contribution is 2.44. The largest absolute Gasteiger partial charge is 0.465 e. The van der Waals surface area contributed by atoms with Crippen molar-refractivity contribution < 1.29 is 19.1 Å². The Morgan fingerprint density at radius 1 is 0.870 bits per heavy atom. The molecule has 1 aliphatic rings. The molecule has 4 aromatic carbocycles. The number of rotatable bonds is 9. The second-order valence-electron chi connectivity index (χ2n) is 11.3. The molecule has 1 aliphatic carbocycles. The second kappa shape index (κ2) is 14.2. The van der Waals surface area contributed by atoms with Gasteiger partial charge in [0.05, 0.1) is 12.7 Å². The molecule has 6 nitrogen and oxygen atoms in total. The lowest BCUT2D eigenvalue weighted by molar-refractivity contribution is -0.115. The quantitative estimate of drug-likeness (QED) is 0.124. The maximum absolute atomic E-state index is 14.1. The Morgan fingerprint density at radius 3 is 2.30 bits per heavy atom. The summed E-state index contributed by atoms with van der Waals surface area (Å²) < 4.78 is 5.19. The monoisotopic (exact) mass is 646 g/mol. The number of anilines is 2. The van der Waals surface area contributed by atoms with E-state index in [1.165, 1.54) is 35.8 Å². The van der Waals surface area contributed by atoms with Crippen LogP contribution in [-0.4, -0.2) is 24.9 Å². The number of aryl methyl sites for hydroxylation is 1. The number of thioether (sulfide) groups is 1. The molecule has 0 saturated heterocycles. The van der Waals surface area contributed by atoms with Crippen molar-refractivity contribution in [2.45, 2.75) is 42.2 Å². The van der Waals surface area contributed by atoms with Crippen LogP contribution in [0.25, 0.3) is 0 Å². The Morgan fingerprint density at radius 2 is 1.59 bits per heavy atom. The predicted octanol–water partition coefficient (Wildman–Crippen LogP) is 8.84. The van der Waals surface area contributed by atoms with Gasteiger partial charge in [0.1, 0.15) is 10.3 Å². The molecule has 2 N–H and O–H groups in total. The Labute approximate surface area is 277 Å². The van der Waals surface area contributed by atoms with Crippen LogP contribution in [0.2, 0.25) is 0 Å². The topological polar surface area (TPSA) is 84.5 Å². The van der Waals surface area contributed by atoms with Gasteiger partial charge in [0.2, 0.25) is 5.91 Å². The molecule has 232 valence electrons. The zero-order chi connectivity index (χ0) is 32.0. The molecular weight excluding hydrogens is 613 g/mol. The first-order valence-corrected chi connectivity index (χ1v) is 16.9. The third kappa shape index (κ3) is 7.09. The summed E-state index contributed by atoms with van der Waals surface area (Å²) in [5.74, 6) is -0.528. The highest BCUT2D eigenvalue weighted by atomic mass is 32.2. The first-order chi connectivity index (χ1) is 22.4. The van der Waals surface area contributed by atoms with Crippen molar-refractivity contribution in [1.29, 1.82) is 0 Å². The lowest BCUT2D eigenvalue weighted by Crippen LogP contribution is -2.20. The molecular formula is C38H34N2O4S2. The van der Waals surface area contributed by atoms with E-state index in [9.17, 15) is 14.4 Å². The molecule has 1 heterocycles. The summed E-state index contributed by atoms with van der Waals surface area (Å²) >= 11 is 2.86. The van der Waals surface area contributed by atoms with Crippen molar-refractivity contribution in [2.24, 2.45) is 0 Å². The van der Waals surface area contributed by atoms with Gasteiger partial charge in [-0.2, -0.15) is 0 Å². The number of ether oxygens (including phenoxy) is 1. The summed E-state index contributed by atoms with van der Waals surface area (Å²) in [7, 11) is 1.38. The van der Waals surface area contributed by atoms with Gasteiger partial charge in [-0.1, -0.05) is 84.4 Å². The van der Waals surface area contributed by atoms with Gasteiger partial charge in [0.15, 0.2) is 0 Å². The van der Waals surface area contributed by atoms with Crippen molar-refractivity contribution in [3.05, 3.63) is 147 Å². The van der Waals surface area contributed by atoms with Crippen molar-refractivity contribution >= 4 is 51.6 Å². The van der Waals surface area contributed by atoms with Crippen LogP contribution in [0.4, 0.5) is 10.7 Å². The van der Waals surface area contributed by atoms with Gasteiger partial charge in [-0.25, -0.2) is 4.79 Å². The summed E-state index contributed by atoms with van der Waals surface area (Å²) in [6, 6.07) is 34.9. The Kier molecular flexibility index (Phi) is 9.66. The molecule has 2 amide bonds. The number of thiophene rings is 1. The number of methoxy groups -OCH3 is 1. The number of amides is 2. The van der Waals surface area contributed by atoms with Crippen molar-refractivity contribution in [3.63, 3.8) is 0 Å². The van der Waals surface area contributed by atoms with Gasteiger partial charge in [0.25, 0.3) is 5.91 Å². The Hall–Kier alpha value is -4.66. The average Bonchev–Trinajstić information content (AvgIpc) is 3.45. The van der Waals surface area contributed by atoms with E-state index in [0.717, 1.165) is 45.7 Å². The van der Waals surface area contributed by atoms with E-state index in [1.807, 2.05) is 79.7 Å². The molecule has 0 aliphatic heterocycles. The van der Waals surface area contributed by atoms with E-state index in [2.05, 4.69) is 34.9 Å². The third-order valence-electron chi connectivity index (χ3n) is 8.16. The minimum absolute atomic E-state index is 0.203. The van der Waals surface area contributed by atoms with E-state index in [4.69, 9.17) is 4.74 Å². The smallest absolute Gasteiger partial charge is 0.341 e. The number of hydrogen-bond donors (Lipinski definition) is 2. The van der Waals surface area contributed by atoms with Crippen LogP contribution in [-0.2, 0) is 22.4 Å². The molecule has 8 heteroatoms. The normalized spacial score (nSPS) is 14.5. The second-order valence-corrected chi connectivity index (χ2v) is 13.6. The van der Waals surface area contributed by atoms with Gasteiger partial charge >= 0.3 is 5.97 Å². The number of benzene rings is 4. The van der Waals surface area contributed by atoms with Crippen molar-refractivity contribution in [2.75, 3.05) is 17.7 Å². The highest BCUT2D eigenvalue weighted by Gasteiger charge is 2.32. The number of carbonyl (C=O) groups excluding carboxylic acids is 3. The van der Waals surface area contributed by atoms with Gasteiger partial charge in [-0.3, -0.25) is 9.59 Å². The van der Waals surface area contributed by atoms with Gasteiger partial charge in [-0.15, -0.1) is 23.1 Å². The van der Waals surface area contributed by atoms with E-state index < -0.39 is 11.2 Å². The van der Waals surface area contributed by atoms with Crippen LogP contribution in [0.15, 0.2) is 114 Å². The summed E-state index contributed by atoms with van der Waals surface area (Å²) in [5, 5.41) is 5.99. The number of hydrogen-bond acceptors (Lipinski definition) is 6. The summed E-state index contributed by atoms with van der Waals surface area (Å²) in [6.07, 6.45) is 2.47. The Bertz CT molecular complexity index is 1850. The van der Waals surface area contributed by atoms with Crippen molar-refractivity contribution in [1.82, 2.24) is 0 Å². The van der Waals surface area contributed by atoms with Crippen LogP contribution in [0.3, 0.4) is 0 Å². The zero-order valence-electron chi connectivity index (χ0n) is 25.6. The molecule has 6 rings (SSSR count). The SMILES string of the molecule is COC(=O)c1c(NC(=O)C(Sc2cccc(NC(=O)c3ccc(C)cc3)c2)c2ccccc2)sc2c1CCC(c1ccccc1)C2. The molecule has 0 saturated carbocycles. The van der Waals surface area contributed by atoms with Crippen LogP contribution in [0.5, 0.6) is 0 Å². The zero-order valence-corrected chi connectivity index (χ0v) is 27.3. The summed E-state index contributed by atoms with van der Waals surface area (Å²) in [4.78, 5) is 42.0. The van der Waals surface area contributed by atoms with E-state index in [1.54, 1.807) is 12.1 Å². The first kappa shape index (κ1) is 31.3. The molecule has 0 fully saturated rings.